The van der Waals surface area contributed by atoms with Gasteiger partial charge in [-0.1, -0.05) is 29.3 Å². The van der Waals surface area contributed by atoms with Crippen LogP contribution in [0.25, 0.3) is 0 Å². The summed E-state index contributed by atoms with van der Waals surface area (Å²) in [6.45, 7) is 0.577. The Labute approximate surface area is 159 Å². The van der Waals surface area contributed by atoms with Crippen molar-refractivity contribution in [3.05, 3.63) is 33.8 Å². The Morgan fingerprint density at radius 2 is 1.92 bits per heavy atom. The summed E-state index contributed by atoms with van der Waals surface area (Å²) in [5, 5.41) is 15.1. The fourth-order valence-corrected chi connectivity index (χ4v) is 6.58. The Kier molecular flexibility index (Phi) is 4.54. The van der Waals surface area contributed by atoms with Gasteiger partial charge in [-0.05, 0) is 79.9 Å². The fraction of sp³-hybridized carbons (Fsp3) is 0.650. The second-order valence-electron chi connectivity index (χ2n) is 8.70. The third-order valence-corrected chi connectivity index (χ3v) is 7.01. The second kappa shape index (κ2) is 6.44. The van der Waals surface area contributed by atoms with Crippen molar-refractivity contribution in [2.45, 2.75) is 57.0 Å². The largest absolute Gasteiger partial charge is 0.390 e. The Hall–Kier alpha value is -0.770. The number of nitrogens with one attached hydrogen (secondary N) is 1. The van der Waals surface area contributed by atoms with Crippen LogP contribution >= 0.6 is 23.2 Å². The molecule has 4 bridgehead atoms. The van der Waals surface area contributed by atoms with Gasteiger partial charge in [0.15, 0.2) is 0 Å². The van der Waals surface area contributed by atoms with E-state index in [1.165, 1.54) is 6.42 Å². The Morgan fingerprint density at radius 1 is 1.20 bits per heavy atom. The number of amides is 1. The van der Waals surface area contributed by atoms with Gasteiger partial charge in [-0.3, -0.25) is 4.79 Å². The predicted molar refractivity (Wildman–Crippen MR) is 99.9 cm³/mol. The van der Waals surface area contributed by atoms with E-state index in [2.05, 4.69) is 5.32 Å². The minimum absolute atomic E-state index is 0.0286. The van der Waals surface area contributed by atoms with Crippen molar-refractivity contribution in [2.24, 2.45) is 17.3 Å². The van der Waals surface area contributed by atoms with E-state index in [0.717, 1.165) is 37.7 Å². The number of halogens is 2. The molecule has 2 N–H and O–H groups in total. The van der Waals surface area contributed by atoms with Crippen molar-refractivity contribution >= 4 is 29.1 Å². The van der Waals surface area contributed by atoms with Crippen LogP contribution in [-0.2, 0) is 11.2 Å². The summed E-state index contributed by atoms with van der Waals surface area (Å²) >= 11 is 12.1. The molecule has 1 aromatic carbocycles. The van der Waals surface area contributed by atoms with Crippen LogP contribution in [0.15, 0.2) is 18.2 Å². The monoisotopic (exact) mass is 381 g/mol. The maximum absolute atomic E-state index is 12.5. The molecule has 136 valence electrons. The van der Waals surface area contributed by atoms with Gasteiger partial charge in [0.2, 0.25) is 5.91 Å². The van der Waals surface area contributed by atoms with Gasteiger partial charge in [-0.25, -0.2) is 0 Å². The average Bonchev–Trinajstić information content (AvgIpc) is 2.46. The first-order chi connectivity index (χ1) is 11.8. The van der Waals surface area contributed by atoms with Crippen LogP contribution in [0.5, 0.6) is 0 Å². The van der Waals surface area contributed by atoms with Gasteiger partial charge in [0.25, 0.3) is 0 Å². The molecule has 0 aromatic heterocycles. The van der Waals surface area contributed by atoms with E-state index < -0.39 is 5.60 Å². The van der Waals surface area contributed by atoms with E-state index in [1.54, 1.807) is 6.07 Å². The lowest BCUT2D eigenvalue weighted by Crippen LogP contribution is -2.56. The first-order valence-corrected chi connectivity index (χ1v) is 10.0. The van der Waals surface area contributed by atoms with Crippen molar-refractivity contribution in [2.75, 3.05) is 6.54 Å². The topological polar surface area (TPSA) is 49.3 Å². The van der Waals surface area contributed by atoms with Crippen molar-refractivity contribution in [1.82, 2.24) is 5.32 Å². The summed E-state index contributed by atoms with van der Waals surface area (Å²) < 4.78 is 0. The average molecular weight is 382 g/mol. The van der Waals surface area contributed by atoms with Crippen LogP contribution in [0.3, 0.4) is 0 Å². The summed E-state index contributed by atoms with van der Waals surface area (Å²) in [5.74, 6) is 1.34. The Balaban J connectivity index is 1.32. The zero-order valence-corrected chi connectivity index (χ0v) is 15.9. The molecule has 4 fully saturated rings. The second-order valence-corrected chi connectivity index (χ2v) is 9.54. The highest BCUT2D eigenvalue weighted by molar-refractivity contribution is 6.35. The molecule has 0 radical (unpaired) electrons. The van der Waals surface area contributed by atoms with Gasteiger partial charge in [0.05, 0.1) is 5.60 Å². The zero-order valence-electron chi connectivity index (χ0n) is 14.4. The molecule has 0 spiro atoms. The molecule has 0 saturated heterocycles. The van der Waals surface area contributed by atoms with Gasteiger partial charge in [0, 0.05) is 23.0 Å². The predicted octanol–water partition coefficient (Wildman–Crippen LogP) is 4.37. The molecule has 1 amide bonds. The highest BCUT2D eigenvalue weighted by Crippen LogP contribution is 2.62. The summed E-state index contributed by atoms with van der Waals surface area (Å²) in [6.07, 6.45) is 7.43. The molecule has 5 heteroatoms. The third-order valence-electron chi connectivity index (χ3n) is 6.42. The Morgan fingerprint density at radius 3 is 2.56 bits per heavy atom. The van der Waals surface area contributed by atoms with Crippen LogP contribution in [-0.4, -0.2) is 23.2 Å². The Bertz CT molecular complexity index is 676. The minimum Gasteiger partial charge on any atom is -0.390 e. The van der Waals surface area contributed by atoms with E-state index in [-0.39, 0.29) is 11.3 Å². The fourth-order valence-electron chi connectivity index (χ4n) is 6.07. The van der Waals surface area contributed by atoms with Gasteiger partial charge in [-0.15, -0.1) is 0 Å². The SMILES string of the molecule is O=C(CC12C[C@H]3C[C@@H](CC(O)(C3)C1)C2)NCCc1ccc(Cl)cc1Cl. The van der Waals surface area contributed by atoms with Crippen LogP contribution < -0.4 is 5.32 Å². The normalized spacial score (nSPS) is 35.8. The summed E-state index contributed by atoms with van der Waals surface area (Å²) in [7, 11) is 0. The number of hydrogen-bond donors (Lipinski definition) is 2. The van der Waals surface area contributed by atoms with Crippen LogP contribution in [0.2, 0.25) is 10.0 Å². The highest BCUT2D eigenvalue weighted by Gasteiger charge is 2.57. The lowest BCUT2D eigenvalue weighted by Gasteiger charge is -2.60. The molecule has 0 unspecified atom stereocenters. The van der Waals surface area contributed by atoms with E-state index in [9.17, 15) is 9.90 Å². The number of benzene rings is 1. The van der Waals surface area contributed by atoms with E-state index >= 15 is 0 Å². The van der Waals surface area contributed by atoms with E-state index in [0.29, 0.717) is 41.3 Å². The van der Waals surface area contributed by atoms with Gasteiger partial charge in [-0.2, -0.15) is 0 Å². The van der Waals surface area contributed by atoms with Gasteiger partial charge in [0.1, 0.15) is 0 Å². The van der Waals surface area contributed by atoms with Crippen LogP contribution in [0.1, 0.15) is 50.5 Å². The lowest BCUT2D eigenvalue weighted by molar-refractivity contribution is -0.169. The number of hydrogen-bond acceptors (Lipinski definition) is 2. The number of aliphatic hydroxyl groups is 1. The van der Waals surface area contributed by atoms with Crippen molar-refractivity contribution in [3.63, 3.8) is 0 Å². The van der Waals surface area contributed by atoms with E-state index in [4.69, 9.17) is 23.2 Å². The molecule has 5 rings (SSSR count). The van der Waals surface area contributed by atoms with E-state index in [1.807, 2.05) is 12.1 Å². The molecule has 2 atom stereocenters. The first kappa shape index (κ1) is 17.6. The molecular weight excluding hydrogens is 357 g/mol. The lowest BCUT2D eigenvalue weighted by atomic mass is 9.47. The van der Waals surface area contributed by atoms with Crippen molar-refractivity contribution < 1.29 is 9.90 Å². The molecular formula is C20H25Cl2NO2. The molecule has 4 aliphatic rings. The first-order valence-electron chi connectivity index (χ1n) is 9.28. The number of rotatable bonds is 5. The third kappa shape index (κ3) is 3.70. The van der Waals surface area contributed by atoms with Crippen molar-refractivity contribution in [1.29, 1.82) is 0 Å². The molecule has 4 aliphatic carbocycles. The number of carbonyl (C=O) groups is 1. The molecule has 1 aromatic rings. The van der Waals surface area contributed by atoms with Crippen molar-refractivity contribution in [3.8, 4) is 0 Å². The molecule has 0 heterocycles. The summed E-state index contributed by atoms with van der Waals surface area (Å²) in [6, 6.07) is 5.46. The molecule has 3 nitrogen and oxygen atoms in total. The maximum atomic E-state index is 12.5. The zero-order chi connectivity index (χ0) is 17.7. The molecule has 0 aliphatic heterocycles. The van der Waals surface area contributed by atoms with Crippen LogP contribution in [0.4, 0.5) is 0 Å². The molecule has 4 saturated carbocycles. The van der Waals surface area contributed by atoms with Crippen LogP contribution in [0, 0.1) is 17.3 Å². The smallest absolute Gasteiger partial charge is 0.220 e. The molecule has 25 heavy (non-hydrogen) atoms. The standard InChI is InChI=1S/C20H25Cl2NO2/c21-16-2-1-15(17(22)6-16)3-4-23-18(24)11-19-7-13-5-14(8-19)10-20(25,9-13)12-19/h1-2,6,13-14,25H,3-5,7-12H2,(H,23,24)/t13-,14-,19?,20?/m1/s1. The number of carbonyl (C=O) groups excluding carboxylic acids is 1. The maximum Gasteiger partial charge on any atom is 0.220 e. The quantitative estimate of drug-likeness (QED) is 0.794. The minimum atomic E-state index is -0.499. The summed E-state index contributed by atoms with van der Waals surface area (Å²) in [4.78, 5) is 12.5. The van der Waals surface area contributed by atoms with Gasteiger partial charge < -0.3 is 10.4 Å². The summed E-state index contributed by atoms with van der Waals surface area (Å²) in [5.41, 5.74) is 0.526. The van der Waals surface area contributed by atoms with Gasteiger partial charge >= 0.3 is 0 Å². The highest BCUT2D eigenvalue weighted by atomic mass is 35.5.